The van der Waals surface area contributed by atoms with Crippen molar-refractivity contribution in [1.29, 1.82) is 0 Å². The molecule has 1 heterocycles. The molecule has 1 atom stereocenters. The van der Waals surface area contributed by atoms with Gasteiger partial charge in [0.15, 0.2) is 0 Å². The zero-order valence-corrected chi connectivity index (χ0v) is 17.1. The second-order valence-electron chi connectivity index (χ2n) is 7.11. The first-order valence-electron chi connectivity index (χ1n) is 9.41. The zero-order chi connectivity index (χ0) is 20.1. The molecule has 1 fully saturated rings. The van der Waals surface area contributed by atoms with Gasteiger partial charge in [-0.2, -0.15) is 0 Å². The van der Waals surface area contributed by atoms with Gasteiger partial charge in [0.05, 0.1) is 17.7 Å². The van der Waals surface area contributed by atoms with Crippen LogP contribution in [0.5, 0.6) is 5.75 Å². The zero-order valence-electron chi connectivity index (χ0n) is 16.2. The van der Waals surface area contributed by atoms with Gasteiger partial charge in [-0.3, -0.25) is 9.10 Å². The van der Waals surface area contributed by atoms with Crippen molar-refractivity contribution < 1.29 is 17.9 Å². The van der Waals surface area contributed by atoms with Crippen LogP contribution >= 0.6 is 0 Å². The third-order valence-corrected chi connectivity index (χ3v) is 6.77. The summed E-state index contributed by atoms with van der Waals surface area (Å²) in [6.07, 6.45) is 2.04. The highest BCUT2D eigenvalue weighted by molar-refractivity contribution is 7.92. The Morgan fingerprint density at radius 3 is 2.43 bits per heavy atom. The Morgan fingerprint density at radius 2 is 1.82 bits per heavy atom. The fraction of sp³-hybridized carbons (Fsp3) is 0.381. The number of likely N-dealkylation sites (tertiary alicyclic amines) is 1. The number of hydrogen-bond acceptors (Lipinski definition) is 4. The highest BCUT2D eigenvalue weighted by Gasteiger charge is 2.30. The van der Waals surface area contributed by atoms with Crippen molar-refractivity contribution in [2.75, 3.05) is 31.0 Å². The molecule has 3 rings (SSSR count). The number of carbonyl (C=O) groups is 1. The van der Waals surface area contributed by atoms with E-state index in [-0.39, 0.29) is 17.3 Å². The summed E-state index contributed by atoms with van der Waals surface area (Å²) < 4.78 is 32.9. The molecule has 1 aliphatic rings. The van der Waals surface area contributed by atoms with Gasteiger partial charge in [-0.15, -0.1) is 0 Å². The van der Waals surface area contributed by atoms with E-state index in [0.29, 0.717) is 30.4 Å². The van der Waals surface area contributed by atoms with E-state index in [9.17, 15) is 13.2 Å². The van der Waals surface area contributed by atoms with Crippen LogP contribution in [0.15, 0.2) is 59.5 Å². The molecule has 1 saturated heterocycles. The summed E-state index contributed by atoms with van der Waals surface area (Å²) in [5, 5.41) is 0. The van der Waals surface area contributed by atoms with Gasteiger partial charge in [-0.05, 0) is 55.2 Å². The lowest BCUT2D eigenvalue weighted by atomic mass is 10.0. The molecule has 1 aliphatic heterocycles. The number of nitrogens with zero attached hydrogens (tertiary/aromatic N) is 2. The predicted octanol–water partition coefficient (Wildman–Crippen LogP) is 3.15. The molecule has 0 radical (unpaired) electrons. The van der Waals surface area contributed by atoms with E-state index in [0.717, 1.165) is 12.8 Å². The summed E-state index contributed by atoms with van der Waals surface area (Å²) in [4.78, 5) is 14.9. The van der Waals surface area contributed by atoms with E-state index >= 15 is 0 Å². The molecule has 0 aromatic heterocycles. The van der Waals surface area contributed by atoms with E-state index in [4.69, 9.17) is 4.74 Å². The molecule has 2 aromatic rings. The van der Waals surface area contributed by atoms with Crippen molar-refractivity contribution in [1.82, 2.24) is 4.90 Å². The number of methoxy groups -OCH3 is 1. The van der Waals surface area contributed by atoms with Crippen LogP contribution in [0, 0.1) is 5.92 Å². The second-order valence-corrected chi connectivity index (χ2v) is 8.97. The Labute approximate surface area is 166 Å². The molecule has 2 aromatic carbocycles. The summed E-state index contributed by atoms with van der Waals surface area (Å²) in [7, 11) is -2.33. The Kier molecular flexibility index (Phi) is 6.24. The number of carbonyl (C=O) groups excluding carboxylic acids is 1. The standard InChI is InChI=1S/C21H26N2O4S/c1-17-7-6-14-22(15-17)21(24)16-23(18-10-12-19(27-2)13-11-18)28(25,26)20-8-4-3-5-9-20/h3-5,8-13,17H,6-7,14-16H2,1-2H3/t17-/m1/s1. The van der Waals surface area contributed by atoms with Crippen LogP contribution in [0.25, 0.3) is 0 Å². The van der Waals surface area contributed by atoms with Crippen molar-refractivity contribution in [3.8, 4) is 5.75 Å². The van der Waals surface area contributed by atoms with Crippen LogP contribution in [0.4, 0.5) is 5.69 Å². The van der Waals surface area contributed by atoms with Crippen molar-refractivity contribution in [3.05, 3.63) is 54.6 Å². The molecule has 28 heavy (non-hydrogen) atoms. The van der Waals surface area contributed by atoms with Crippen LogP contribution in [0.2, 0.25) is 0 Å². The molecule has 0 bridgehead atoms. The Balaban J connectivity index is 1.93. The summed E-state index contributed by atoms with van der Waals surface area (Å²) >= 11 is 0. The van der Waals surface area contributed by atoms with E-state index in [1.54, 1.807) is 66.6 Å². The molecule has 7 heteroatoms. The lowest BCUT2D eigenvalue weighted by Gasteiger charge is -2.33. The van der Waals surface area contributed by atoms with E-state index in [1.807, 2.05) is 0 Å². The summed E-state index contributed by atoms with van der Waals surface area (Å²) in [6, 6.07) is 14.9. The minimum atomic E-state index is -3.88. The maximum absolute atomic E-state index is 13.3. The van der Waals surface area contributed by atoms with Crippen LogP contribution in [0.1, 0.15) is 19.8 Å². The monoisotopic (exact) mass is 402 g/mol. The minimum absolute atomic E-state index is 0.158. The van der Waals surface area contributed by atoms with Crippen molar-refractivity contribution in [3.63, 3.8) is 0 Å². The summed E-state index contributed by atoms with van der Waals surface area (Å²) in [5.41, 5.74) is 0.433. The number of rotatable bonds is 6. The molecule has 0 aliphatic carbocycles. The van der Waals surface area contributed by atoms with Crippen LogP contribution in [-0.2, 0) is 14.8 Å². The maximum atomic E-state index is 13.3. The quantitative estimate of drug-likeness (QED) is 0.744. The highest BCUT2D eigenvalue weighted by Crippen LogP contribution is 2.26. The van der Waals surface area contributed by atoms with Crippen molar-refractivity contribution in [2.24, 2.45) is 5.92 Å². The van der Waals surface area contributed by atoms with Gasteiger partial charge in [0.2, 0.25) is 5.91 Å². The summed E-state index contributed by atoms with van der Waals surface area (Å²) in [6.45, 7) is 3.23. The number of sulfonamides is 1. The van der Waals surface area contributed by atoms with E-state index in [2.05, 4.69) is 6.92 Å². The normalized spacial score (nSPS) is 17.2. The largest absolute Gasteiger partial charge is 0.497 e. The molecular formula is C21H26N2O4S. The first-order valence-corrected chi connectivity index (χ1v) is 10.9. The molecule has 0 unspecified atom stereocenters. The van der Waals surface area contributed by atoms with Gasteiger partial charge in [0.25, 0.3) is 10.0 Å². The molecule has 0 N–H and O–H groups in total. The predicted molar refractivity (Wildman–Crippen MR) is 109 cm³/mol. The number of amides is 1. The SMILES string of the molecule is COc1ccc(N(CC(=O)N2CCC[C@@H](C)C2)S(=O)(=O)c2ccccc2)cc1. The van der Waals surface area contributed by atoms with Gasteiger partial charge in [0, 0.05) is 13.1 Å². The van der Waals surface area contributed by atoms with E-state index in [1.165, 1.54) is 4.31 Å². The van der Waals surface area contributed by atoms with Gasteiger partial charge in [-0.1, -0.05) is 25.1 Å². The Morgan fingerprint density at radius 1 is 1.14 bits per heavy atom. The lowest BCUT2D eigenvalue weighted by molar-refractivity contribution is -0.131. The molecule has 6 nitrogen and oxygen atoms in total. The number of anilines is 1. The maximum Gasteiger partial charge on any atom is 0.264 e. The number of ether oxygens (including phenoxy) is 1. The Bertz CT molecular complexity index is 898. The van der Waals surface area contributed by atoms with Crippen molar-refractivity contribution in [2.45, 2.75) is 24.7 Å². The van der Waals surface area contributed by atoms with Gasteiger partial charge in [-0.25, -0.2) is 8.42 Å². The molecule has 0 saturated carbocycles. The topological polar surface area (TPSA) is 66.9 Å². The first kappa shape index (κ1) is 20.2. The fourth-order valence-electron chi connectivity index (χ4n) is 3.42. The minimum Gasteiger partial charge on any atom is -0.497 e. The van der Waals surface area contributed by atoms with Crippen LogP contribution < -0.4 is 9.04 Å². The van der Waals surface area contributed by atoms with Gasteiger partial charge in [0.1, 0.15) is 12.3 Å². The molecule has 150 valence electrons. The average Bonchev–Trinajstić information content (AvgIpc) is 2.72. The molecule has 1 amide bonds. The van der Waals surface area contributed by atoms with E-state index < -0.39 is 10.0 Å². The third kappa shape index (κ3) is 4.47. The smallest absolute Gasteiger partial charge is 0.264 e. The Hall–Kier alpha value is -2.54. The molecule has 0 spiro atoms. The third-order valence-electron chi connectivity index (χ3n) is 4.98. The first-order chi connectivity index (χ1) is 13.4. The van der Waals surface area contributed by atoms with Gasteiger partial charge < -0.3 is 9.64 Å². The second kappa shape index (κ2) is 8.65. The number of benzene rings is 2. The highest BCUT2D eigenvalue weighted by atomic mass is 32.2. The molecular weight excluding hydrogens is 376 g/mol. The number of piperidine rings is 1. The fourth-order valence-corrected chi connectivity index (χ4v) is 4.86. The average molecular weight is 403 g/mol. The summed E-state index contributed by atoms with van der Waals surface area (Å²) in [5.74, 6) is 0.872. The van der Waals surface area contributed by atoms with Gasteiger partial charge >= 0.3 is 0 Å². The number of hydrogen-bond donors (Lipinski definition) is 0. The lowest BCUT2D eigenvalue weighted by Crippen LogP contribution is -2.46. The van der Waals surface area contributed by atoms with Crippen LogP contribution in [-0.4, -0.2) is 46.0 Å². The van der Waals surface area contributed by atoms with Crippen molar-refractivity contribution >= 4 is 21.6 Å². The van der Waals surface area contributed by atoms with Crippen LogP contribution in [0.3, 0.4) is 0 Å².